The van der Waals surface area contributed by atoms with Gasteiger partial charge in [-0.2, -0.15) is 0 Å². The van der Waals surface area contributed by atoms with Crippen LogP contribution >= 0.6 is 0 Å². The summed E-state index contributed by atoms with van der Waals surface area (Å²) in [5.41, 5.74) is 1.52. The van der Waals surface area contributed by atoms with Crippen LogP contribution in [-0.4, -0.2) is 18.5 Å². The molecule has 0 aromatic carbocycles. The Morgan fingerprint density at radius 2 is 1.87 bits per heavy atom. The third-order valence-electron chi connectivity index (χ3n) is 3.46. The molecule has 1 unspecified atom stereocenters. The Morgan fingerprint density at radius 1 is 1.20 bits per heavy atom. The van der Waals surface area contributed by atoms with E-state index in [0.717, 1.165) is 12.8 Å². The van der Waals surface area contributed by atoms with Gasteiger partial charge in [0.05, 0.1) is 12.2 Å². The monoisotopic (exact) mass is 210 g/mol. The largest absolute Gasteiger partial charge is 0.349 e. The highest BCUT2D eigenvalue weighted by Crippen LogP contribution is 2.32. The summed E-state index contributed by atoms with van der Waals surface area (Å²) in [7, 11) is 0. The standard InChI is InChI=1S/C13H22O2/c1-9-4-6-12(7-5-9)13-14-10(2)8-11(3)15-13/h4,10-13H,5-8H2,1-3H3/t10-,11-,12?/m1/s1. The van der Waals surface area contributed by atoms with Crippen molar-refractivity contribution in [1.29, 1.82) is 0 Å². The topological polar surface area (TPSA) is 18.5 Å². The van der Waals surface area contributed by atoms with Gasteiger partial charge in [0.1, 0.15) is 0 Å². The summed E-state index contributed by atoms with van der Waals surface area (Å²) in [6.07, 6.45) is 7.65. The van der Waals surface area contributed by atoms with E-state index in [4.69, 9.17) is 9.47 Å². The number of ether oxygens (including phenoxy) is 2. The van der Waals surface area contributed by atoms with Crippen LogP contribution in [0, 0.1) is 5.92 Å². The molecule has 86 valence electrons. The summed E-state index contributed by atoms with van der Waals surface area (Å²) < 4.78 is 11.8. The quantitative estimate of drug-likeness (QED) is 0.618. The van der Waals surface area contributed by atoms with Crippen LogP contribution in [0.1, 0.15) is 46.5 Å². The minimum atomic E-state index is 0.0353. The van der Waals surface area contributed by atoms with Crippen LogP contribution in [0.5, 0.6) is 0 Å². The van der Waals surface area contributed by atoms with E-state index >= 15 is 0 Å². The van der Waals surface area contributed by atoms with Gasteiger partial charge in [0.15, 0.2) is 6.29 Å². The van der Waals surface area contributed by atoms with Gasteiger partial charge < -0.3 is 9.47 Å². The molecule has 2 rings (SSSR count). The summed E-state index contributed by atoms with van der Waals surface area (Å²) in [5, 5.41) is 0. The van der Waals surface area contributed by atoms with Crippen LogP contribution < -0.4 is 0 Å². The van der Waals surface area contributed by atoms with E-state index in [1.54, 1.807) is 0 Å². The van der Waals surface area contributed by atoms with Crippen molar-refractivity contribution in [3.63, 3.8) is 0 Å². The van der Waals surface area contributed by atoms with E-state index < -0.39 is 0 Å². The van der Waals surface area contributed by atoms with Gasteiger partial charge in [-0.3, -0.25) is 0 Å². The highest BCUT2D eigenvalue weighted by Gasteiger charge is 2.31. The second kappa shape index (κ2) is 4.67. The normalized spacial score (nSPS) is 42.5. The van der Waals surface area contributed by atoms with Crippen LogP contribution in [0.15, 0.2) is 11.6 Å². The molecule has 0 N–H and O–H groups in total. The van der Waals surface area contributed by atoms with Crippen LogP contribution in [0.2, 0.25) is 0 Å². The Hall–Kier alpha value is -0.340. The third kappa shape index (κ3) is 2.82. The summed E-state index contributed by atoms with van der Waals surface area (Å²) in [6.45, 7) is 6.51. The maximum Gasteiger partial charge on any atom is 0.161 e. The summed E-state index contributed by atoms with van der Waals surface area (Å²) >= 11 is 0. The molecule has 2 aliphatic rings. The zero-order valence-corrected chi connectivity index (χ0v) is 10.0. The average Bonchev–Trinajstić information content (AvgIpc) is 2.17. The van der Waals surface area contributed by atoms with Gasteiger partial charge >= 0.3 is 0 Å². The van der Waals surface area contributed by atoms with Crippen LogP contribution in [-0.2, 0) is 9.47 Å². The zero-order valence-electron chi connectivity index (χ0n) is 10.0. The van der Waals surface area contributed by atoms with Crippen LogP contribution in [0.4, 0.5) is 0 Å². The van der Waals surface area contributed by atoms with Crippen molar-refractivity contribution in [2.75, 3.05) is 0 Å². The van der Waals surface area contributed by atoms with Crippen molar-refractivity contribution in [3.05, 3.63) is 11.6 Å². The molecule has 0 spiro atoms. The molecular weight excluding hydrogens is 188 g/mol. The molecule has 15 heavy (non-hydrogen) atoms. The predicted molar refractivity (Wildman–Crippen MR) is 60.6 cm³/mol. The molecule has 1 aliphatic heterocycles. The second-order valence-electron chi connectivity index (χ2n) is 5.08. The van der Waals surface area contributed by atoms with Gasteiger partial charge in [-0.05, 0) is 46.5 Å². The molecule has 1 heterocycles. The summed E-state index contributed by atoms with van der Waals surface area (Å²) in [4.78, 5) is 0. The van der Waals surface area contributed by atoms with E-state index in [0.29, 0.717) is 18.1 Å². The fraction of sp³-hybridized carbons (Fsp3) is 0.846. The van der Waals surface area contributed by atoms with Crippen LogP contribution in [0.25, 0.3) is 0 Å². The van der Waals surface area contributed by atoms with Crippen molar-refractivity contribution in [1.82, 2.24) is 0 Å². The van der Waals surface area contributed by atoms with Crippen molar-refractivity contribution >= 4 is 0 Å². The maximum absolute atomic E-state index is 5.88. The average molecular weight is 210 g/mol. The first-order chi connectivity index (χ1) is 7.15. The fourth-order valence-corrected chi connectivity index (χ4v) is 2.52. The van der Waals surface area contributed by atoms with E-state index in [1.807, 2.05) is 0 Å². The lowest BCUT2D eigenvalue weighted by Crippen LogP contribution is -2.40. The first kappa shape index (κ1) is 11.2. The fourth-order valence-electron chi connectivity index (χ4n) is 2.52. The molecule has 1 aliphatic carbocycles. The van der Waals surface area contributed by atoms with Crippen molar-refractivity contribution in [3.8, 4) is 0 Å². The van der Waals surface area contributed by atoms with Crippen molar-refractivity contribution < 1.29 is 9.47 Å². The Labute approximate surface area is 92.6 Å². The Morgan fingerprint density at radius 3 is 2.40 bits per heavy atom. The SMILES string of the molecule is CC1=CCC(C2O[C@H](C)C[C@@H](C)O2)CC1. The minimum absolute atomic E-state index is 0.0353. The lowest BCUT2D eigenvalue weighted by atomic mass is 9.89. The van der Waals surface area contributed by atoms with Gasteiger partial charge in [0.2, 0.25) is 0 Å². The highest BCUT2D eigenvalue weighted by molar-refractivity contribution is 5.03. The first-order valence-electron chi connectivity index (χ1n) is 6.11. The number of rotatable bonds is 1. The maximum atomic E-state index is 5.88. The minimum Gasteiger partial charge on any atom is -0.349 e. The molecule has 3 atom stereocenters. The molecule has 0 saturated carbocycles. The Balaban J connectivity index is 1.93. The molecule has 0 aromatic rings. The predicted octanol–water partition coefficient (Wildman–Crippen LogP) is 3.27. The molecule has 0 amide bonds. The molecule has 0 radical (unpaired) electrons. The molecule has 1 fully saturated rings. The van der Waals surface area contributed by atoms with E-state index in [9.17, 15) is 0 Å². The number of hydrogen-bond donors (Lipinski definition) is 0. The van der Waals surface area contributed by atoms with E-state index in [-0.39, 0.29) is 6.29 Å². The summed E-state index contributed by atoms with van der Waals surface area (Å²) in [5.74, 6) is 0.568. The van der Waals surface area contributed by atoms with E-state index in [2.05, 4.69) is 26.8 Å². The van der Waals surface area contributed by atoms with Gasteiger partial charge in [-0.1, -0.05) is 11.6 Å². The number of allylic oxidation sites excluding steroid dienone is 2. The van der Waals surface area contributed by atoms with E-state index in [1.165, 1.54) is 18.4 Å². The van der Waals surface area contributed by atoms with Gasteiger partial charge in [0, 0.05) is 5.92 Å². The number of hydrogen-bond acceptors (Lipinski definition) is 2. The Kier molecular flexibility index (Phi) is 3.47. The smallest absolute Gasteiger partial charge is 0.161 e. The lowest BCUT2D eigenvalue weighted by Gasteiger charge is -2.38. The highest BCUT2D eigenvalue weighted by atomic mass is 16.7. The van der Waals surface area contributed by atoms with Crippen molar-refractivity contribution in [2.45, 2.75) is 65.0 Å². The van der Waals surface area contributed by atoms with Gasteiger partial charge in [-0.25, -0.2) is 0 Å². The first-order valence-corrected chi connectivity index (χ1v) is 6.11. The molecule has 0 bridgehead atoms. The second-order valence-corrected chi connectivity index (χ2v) is 5.08. The summed E-state index contributed by atoms with van der Waals surface area (Å²) in [6, 6.07) is 0. The third-order valence-corrected chi connectivity index (χ3v) is 3.46. The Bertz CT molecular complexity index is 237. The van der Waals surface area contributed by atoms with Crippen molar-refractivity contribution in [2.24, 2.45) is 5.92 Å². The van der Waals surface area contributed by atoms with Gasteiger partial charge in [0.25, 0.3) is 0 Å². The lowest BCUT2D eigenvalue weighted by molar-refractivity contribution is -0.256. The molecule has 1 saturated heterocycles. The zero-order chi connectivity index (χ0) is 10.8. The molecule has 0 aromatic heterocycles. The molecular formula is C13H22O2. The van der Waals surface area contributed by atoms with Crippen LogP contribution in [0.3, 0.4) is 0 Å². The molecule has 2 nitrogen and oxygen atoms in total. The van der Waals surface area contributed by atoms with Gasteiger partial charge in [-0.15, -0.1) is 0 Å². The molecule has 2 heteroatoms.